The molecule has 0 aromatic rings. The maximum Gasteiger partial charge on any atom is 0.321 e. The third kappa shape index (κ3) is 2.73. The van der Waals surface area contributed by atoms with Gasteiger partial charge in [-0.1, -0.05) is 57.5 Å². The summed E-state index contributed by atoms with van der Waals surface area (Å²) in [6, 6.07) is 0. The molecule has 21 heavy (non-hydrogen) atoms. The van der Waals surface area contributed by atoms with Crippen LogP contribution in [0, 0.1) is 34.0 Å². The molecule has 1 fully saturated rings. The molecule has 4 nitrogen and oxygen atoms in total. The first-order valence-corrected chi connectivity index (χ1v) is 8.47. The highest BCUT2D eigenvalue weighted by Crippen LogP contribution is 2.68. The normalized spacial score (nSPS) is 28.8. The van der Waals surface area contributed by atoms with E-state index in [9.17, 15) is 19.8 Å². The molecule has 0 radical (unpaired) electrons. The number of rotatable bonds is 4. The van der Waals surface area contributed by atoms with E-state index in [1.165, 1.54) is 0 Å². The largest absolute Gasteiger partial charge is 0.480 e. The van der Waals surface area contributed by atoms with E-state index in [4.69, 9.17) is 0 Å². The lowest BCUT2D eigenvalue weighted by atomic mass is 9.36. The first-order chi connectivity index (χ1) is 9.32. The summed E-state index contributed by atoms with van der Waals surface area (Å²) in [5.41, 5.74) is -2.43. The monoisotopic (exact) mass is 362 g/mol. The van der Waals surface area contributed by atoms with Crippen molar-refractivity contribution in [3.8, 4) is 0 Å². The molecule has 0 spiro atoms. The van der Waals surface area contributed by atoms with E-state index in [0.29, 0.717) is 0 Å². The molecular formula is C16H27BrO4. The SMILES string of the molecule is CC(C)(C)C1C(CCBr)C(C(C)(C)C)C1(C(=O)O)C(=O)O. The van der Waals surface area contributed by atoms with Gasteiger partial charge in [-0.25, -0.2) is 0 Å². The van der Waals surface area contributed by atoms with Gasteiger partial charge in [0.15, 0.2) is 5.41 Å². The van der Waals surface area contributed by atoms with Crippen molar-refractivity contribution < 1.29 is 19.8 Å². The molecule has 1 saturated carbocycles. The van der Waals surface area contributed by atoms with Gasteiger partial charge in [-0.2, -0.15) is 0 Å². The predicted octanol–water partition coefficient (Wildman–Crippen LogP) is 3.88. The van der Waals surface area contributed by atoms with Crippen LogP contribution in [-0.2, 0) is 9.59 Å². The van der Waals surface area contributed by atoms with Crippen molar-refractivity contribution in [2.45, 2.75) is 48.0 Å². The number of carboxylic acids is 2. The van der Waals surface area contributed by atoms with E-state index in [2.05, 4.69) is 15.9 Å². The Labute approximate surface area is 135 Å². The summed E-state index contributed by atoms with van der Waals surface area (Å²) < 4.78 is 0. The Bertz CT molecular complexity index is 393. The van der Waals surface area contributed by atoms with Crippen molar-refractivity contribution in [3.05, 3.63) is 0 Å². The zero-order valence-corrected chi connectivity index (χ0v) is 15.3. The van der Waals surface area contributed by atoms with Crippen LogP contribution in [-0.4, -0.2) is 27.5 Å². The average Bonchev–Trinajstić information content (AvgIpc) is 2.17. The molecule has 0 saturated heterocycles. The second-order valence-electron chi connectivity index (χ2n) is 8.31. The van der Waals surface area contributed by atoms with E-state index in [-0.39, 0.29) is 28.6 Å². The maximum absolute atomic E-state index is 12.0. The molecule has 1 aliphatic carbocycles. The van der Waals surface area contributed by atoms with Gasteiger partial charge in [-0.15, -0.1) is 0 Å². The second-order valence-corrected chi connectivity index (χ2v) is 9.10. The zero-order valence-electron chi connectivity index (χ0n) is 13.7. The lowest BCUT2D eigenvalue weighted by Gasteiger charge is -2.65. The fourth-order valence-corrected chi connectivity index (χ4v) is 5.20. The summed E-state index contributed by atoms with van der Waals surface area (Å²) in [7, 11) is 0. The minimum atomic E-state index is -1.69. The Kier molecular flexibility index (Phi) is 4.89. The summed E-state index contributed by atoms with van der Waals surface area (Å²) in [6.45, 7) is 11.7. The Hall–Kier alpha value is -0.580. The van der Waals surface area contributed by atoms with Crippen molar-refractivity contribution in [3.63, 3.8) is 0 Å². The van der Waals surface area contributed by atoms with E-state index < -0.39 is 17.4 Å². The molecule has 0 heterocycles. The number of carbonyl (C=O) groups is 2. The molecule has 0 aromatic carbocycles. The van der Waals surface area contributed by atoms with Crippen LogP contribution in [0.15, 0.2) is 0 Å². The first-order valence-electron chi connectivity index (χ1n) is 7.35. The summed E-state index contributed by atoms with van der Waals surface area (Å²) in [5, 5.41) is 20.4. The molecule has 2 atom stereocenters. The van der Waals surface area contributed by atoms with Crippen molar-refractivity contribution in [1.29, 1.82) is 0 Å². The highest BCUT2D eigenvalue weighted by atomic mass is 79.9. The van der Waals surface area contributed by atoms with Crippen molar-refractivity contribution in [2.75, 3.05) is 5.33 Å². The summed E-state index contributed by atoms with van der Waals surface area (Å²) in [5.74, 6) is -3.04. The Morgan fingerprint density at radius 2 is 1.29 bits per heavy atom. The minimum absolute atomic E-state index is 0.0941. The Morgan fingerprint density at radius 3 is 1.48 bits per heavy atom. The molecule has 2 N–H and O–H groups in total. The van der Waals surface area contributed by atoms with Gasteiger partial charge in [0.1, 0.15) is 0 Å². The summed E-state index contributed by atoms with van der Waals surface area (Å²) >= 11 is 3.43. The van der Waals surface area contributed by atoms with Crippen molar-refractivity contribution >= 4 is 27.9 Å². The fraction of sp³-hybridized carbons (Fsp3) is 0.875. The molecule has 0 bridgehead atoms. The van der Waals surface area contributed by atoms with E-state index in [0.717, 1.165) is 11.8 Å². The average molecular weight is 363 g/mol. The van der Waals surface area contributed by atoms with Gasteiger partial charge < -0.3 is 10.2 Å². The van der Waals surface area contributed by atoms with E-state index in [1.807, 2.05) is 41.5 Å². The molecule has 5 heteroatoms. The molecule has 1 rings (SSSR count). The standard InChI is InChI=1S/C16H27BrO4/c1-14(2,3)10-9(7-8-17)11(15(4,5)6)16(10,12(18)19)13(20)21/h9-11H,7-8H2,1-6H3,(H,18,19)(H,20,21). The third-order valence-electron chi connectivity index (χ3n) is 4.85. The second kappa shape index (κ2) is 5.56. The Balaban J connectivity index is 3.52. The number of aliphatic carboxylic acids is 2. The minimum Gasteiger partial charge on any atom is -0.480 e. The summed E-state index contributed by atoms with van der Waals surface area (Å²) in [6.07, 6.45) is 0.798. The van der Waals surface area contributed by atoms with Crippen LogP contribution in [0.2, 0.25) is 0 Å². The first kappa shape index (κ1) is 18.5. The quantitative estimate of drug-likeness (QED) is 0.587. The zero-order chi connectivity index (χ0) is 16.8. The van der Waals surface area contributed by atoms with Crippen molar-refractivity contribution in [2.24, 2.45) is 34.0 Å². The van der Waals surface area contributed by atoms with Crippen LogP contribution < -0.4 is 0 Å². The van der Waals surface area contributed by atoms with Crippen LogP contribution >= 0.6 is 15.9 Å². The topological polar surface area (TPSA) is 74.6 Å². The number of alkyl halides is 1. The number of carboxylic acid groups (broad SMARTS) is 2. The van der Waals surface area contributed by atoms with Gasteiger partial charge in [0.25, 0.3) is 0 Å². The number of halogens is 1. The molecular weight excluding hydrogens is 336 g/mol. The van der Waals surface area contributed by atoms with Gasteiger partial charge in [0.2, 0.25) is 0 Å². The lowest BCUT2D eigenvalue weighted by Crippen LogP contribution is -2.71. The van der Waals surface area contributed by atoms with Gasteiger partial charge in [0, 0.05) is 5.33 Å². The highest BCUT2D eigenvalue weighted by Gasteiger charge is 2.75. The third-order valence-corrected chi connectivity index (χ3v) is 5.31. The number of hydrogen-bond acceptors (Lipinski definition) is 2. The predicted molar refractivity (Wildman–Crippen MR) is 85.5 cm³/mol. The molecule has 2 unspecified atom stereocenters. The number of hydrogen-bond donors (Lipinski definition) is 2. The van der Waals surface area contributed by atoms with Crippen LogP contribution in [0.3, 0.4) is 0 Å². The van der Waals surface area contributed by atoms with Crippen molar-refractivity contribution in [1.82, 2.24) is 0 Å². The smallest absolute Gasteiger partial charge is 0.321 e. The van der Waals surface area contributed by atoms with Gasteiger partial charge in [0.05, 0.1) is 0 Å². The van der Waals surface area contributed by atoms with Gasteiger partial charge in [-0.3, -0.25) is 9.59 Å². The van der Waals surface area contributed by atoms with E-state index in [1.54, 1.807) is 0 Å². The van der Waals surface area contributed by atoms with Crippen LogP contribution in [0.5, 0.6) is 0 Å². The lowest BCUT2D eigenvalue weighted by molar-refractivity contribution is -0.234. The van der Waals surface area contributed by atoms with Gasteiger partial charge >= 0.3 is 11.9 Å². The fourth-order valence-electron chi connectivity index (χ4n) is 4.68. The summed E-state index contributed by atoms with van der Waals surface area (Å²) in [4.78, 5) is 24.0. The van der Waals surface area contributed by atoms with Crippen LogP contribution in [0.1, 0.15) is 48.0 Å². The van der Waals surface area contributed by atoms with E-state index >= 15 is 0 Å². The molecule has 1 aliphatic rings. The highest BCUT2D eigenvalue weighted by molar-refractivity contribution is 9.09. The Morgan fingerprint density at radius 1 is 0.952 bits per heavy atom. The van der Waals surface area contributed by atoms with Crippen LogP contribution in [0.4, 0.5) is 0 Å². The molecule has 0 amide bonds. The van der Waals surface area contributed by atoms with Crippen LogP contribution in [0.25, 0.3) is 0 Å². The molecule has 0 aromatic heterocycles. The maximum atomic E-state index is 12.0. The molecule has 122 valence electrons. The van der Waals surface area contributed by atoms with Gasteiger partial charge in [-0.05, 0) is 35.0 Å². The molecule has 0 aliphatic heterocycles.